The van der Waals surface area contributed by atoms with Gasteiger partial charge in [0.1, 0.15) is 13.6 Å². The normalized spacial score (nSPS) is 7.36. The van der Waals surface area contributed by atoms with Crippen molar-refractivity contribution in [2.45, 2.75) is 6.92 Å². The second-order valence-electron chi connectivity index (χ2n) is 2.73. The minimum Gasteiger partial charge on any atom is -0.378 e. The van der Waals surface area contributed by atoms with Crippen molar-refractivity contribution in [2.75, 3.05) is 19.0 Å². The molecule has 0 aliphatic heterocycles. The van der Waals surface area contributed by atoms with Gasteiger partial charge in [-0.1, -0.05) is 17.7 Å². The third-order valence-electron chi connectivity index (χ3n) is 1.55. The van der Waals surface area contributed by atoms with Crippen LogP contribution in [0.1, 0.15) is 5.56 Å². The summed E-state index contributed by atoms with van der Waals surface area (Å²) in [6, 6.07) is 8.48. The Kier molecular flexibility index (Phi) is 10.0. The molecule has 1 aromatic rings. The van der Waals surface area contributed by atoms with Gasteiger partial charge in [0.15, 0.2) is 0 Å². The zero-order chi connectivity index (χ0) is 11.6. The Morgan fingerprint density at radius 1 is 0.929 bits per heavy atom. The second-order valence-corrected chi connectivity index (χ2v) is 2.73. The number of anilines is 1. The zero-order valence-electron chi connectivity index (χ0n) is 8.99. The van der Waals surface area contributed by atoms with Crippen molar-refractivity contribution in [1.82, 2.24) is 0 Å². The van der Waals surface area contributed by atoms with Crippen LogP contribution in [-0.2, 0) is 9.59 Å². The molecule has 0 atom stereocenters. The van der Waals surface area contributed by atoms with Crippen molar-refractivity contribution < 1.29 is 9.59 Å². The van der Waals surface area contributed by atoms with Crippen molar-refractivity contribution >= 4 is 19.3 Å². The van der Waals surface area contributed by atoms with Crippen molar-refractivity contribution in [3.8, 4) is 0 Å². The van der Waals surface area contributed by atoms with Crippen LogP contribution in [0.4, 0.5) is 5.69 Å². The van der Waals surface area contributed by atoms with Crippen LogP contribution < -0.4 is 4.90 Å². The molecule has 78 valence electrons. The molecule has 0 N–H and O–H groups in total. The van der Waals surface area contributed by atoms with Crippen LogP contribution in [0.25, 0.3) is 0 Å². The predicted molar refractivity (Wildman–Crippen MR) is 59.7 cm³/mol. The van der Waals surface area contributed by atoms with Gasteiger partial charge in [-0.2, -0.15) is 0 Å². The van der Waals surface area contributed by atoms with E-state index in [-0.39, 0.29) is 0 Å². The molecule has 0 heterocycles. The quantitative estimate of drug-likeness (QED) is 0.684. The number of carbonyl (C=O) groups excluding carboxylic acids is 2. The van der Waals surface area contributed by atoms with Crippen molar-refractivity contribution in [1.29, 1.82) is 0 Å². The summed E-state index contributed by atoms with van der Waals surface area (Å²) in [7, 11) is 4.09. The fraction of sp³-hybridized carbons (Fsp3) is 0.273. The van der Waals surface area contributed by atoms with Crippen LogP contribution in [0.5, 0.6) is 0 Å². The largest absolute Gasteiger partial charge is 0.378 e. The number of nitrogens with zero attached hydrogens (tertiary/aromatic N) is 1. The predicted octanol–water partition coefficient (Wildman–Crippen LogP) is 1.69. The summed E-state index contributed by atoms with van der Waals surface area (Å²) in [5, 5.41) is 0. The van der Waals surface area contributed by atoms with Gasteiger partial charge in [-0.05, 0) is 19.1 Å². The summed E-state index contributed by atoms with van der Waals surface area (Å²) in [4.78, 5) is 18.1. The summed E-state index contributed by atoms with van der Waals surface area (Å²) < 4.78 is 0. The number of benzene rings is 1. The van der Waals surface area contributed by atoms with Gasteiger partial charge in [-0.3, -0.25) is 0 Å². The Balaban J connectivity index is 0. The van der Waals surface area contributed by atoms with E-state index >= 15 is 0 Å². The SMILES string of the molecule is C=O.C=O.Cc1ccc(N(C)C)cc1. The maximum absolute atomic E-state index is 8.00. The van der Waals surface area contributed by atoms with Gasteiger partial charge in [0.05, 0.1) is 0 Å². The highest BCUT2D eigenvalue weighted by Gasteiger charge is 1.90. The van der Waals surface area contributed by atoms with E-state index in [4.69, 9.17) is 9.59 Å². The van der Waals surface area contributed by atoms with Crippen molar-refractivity contribution in [3.05, 3.63) is 29.8 Å². The van der Waals surface area contributed by atoms with Crippen molar-refractivity contribution in [2.24, 2.45) is 0 Å². The zero-order valence-corrected chi connectivity index (χ0v) is 8.99. The van der Waals surface area contributed by atoms with E-state index in [1.165, 1.54) is 11.3 Å². The monoisotopic (exact) mass is 195 g/mol. The van der Waals surface area contributed by atoms with Crippen LogP contribution in [0.3, 0.4) is 0 Å². The molecular weight excluding hydrogens is 178 g/mol. The third-order valence-corrected chi connectivity index (χ3v) is 1.55. The summed E-state index contributed by atoms with van der Waals surface area (Å²) in [6.45, 7) is 6.10. The lowest BCUT2D eigenvalue weighted by Gasteiger charge is -2.11. The summed E-state index contributed by atoms with van der Waals surface area (Å²) in [5.41, 5.74) is 2.57. The van der Waals surface area contributed by atoms with Crippen LogP contribution in [0, 0.1) is 6.92 Å². The minimum absolute atomic E-state index is 1.26. The van der Waals surface area contributed by atoms with Gasteiger partial charge < -0.3 is 14.5 Å². The highest BCUT2D eigenvalue weighted by molar-refractivity contribution is 5.45. The Morgan fingerprint density at radius 2 is 1.29 bits per heavy atom. The molecule has 0 amide bonds. The number of rotatable bonds is 1. The molecule has 0 aromatic heterocycles. The smallest absolute Gasteiger partial charge is 0.106 e. The molecule has 0 aliphatic carbocycles. The van der Waals surface area contributed by atoms with Crippen LogP contribution in [0.2, 0.25) is 0 Å². The number of carbonyl (C=O) groups is 2. The maximum Gasteiger partial charge on any atom is 0.106 e. The lowest BCUT2D eigenvalue weighted by atomic mass is 10.2. The first kappa shape index (κ1) is 14.9. The average Bonchev–Trinajstić information content (AvgIpc) is 2.24. The molecule has 3 heteroatoms. The Hall–Kier alpha value is -1.64. The average molecular weight is 195 g/mol. The van der Waals surface area contributed by atoms with E-state index < -0.39 is 0 Å². The molecule has 0 saturated carbocycles. The van der Waals surface area contributed by atoms with E-state index in [1.807, 2.05) is 27.7 Å². The molecule has 1 rings (SSSR count). The summed E-state index contributed by atoms with van der Waals surface area (Å²) in [5.74, 6) is 0. The van der Waals surface area contributed by atoms with Crippen LogP contribution >= 0.6 is 0 Å². The molecule has 0 saturated heterocycles. The fourth-order valence-corrected chi connectivity index (χ4v) is 0.843. The third kappa shape index (κ3) is 5.94. The molecule has 0 unspecified atom stereocenters. The molecule has 1 aromatic carbocycles. The van der Waals surface area contributed by atoms with Gasteiger partial charge >= 0.3 is 0 Å². The van der Waals surface area contributed by atoms with Crippen LogP contribution in [0.15, 0.2) is 24.3 Å². The van der Waals surface area contributed by atoms with Gasteiger partial charge in [0, 0.05) is 19.8 Å². The second kappa shape index (κ2) is 9.45. The number of hydrogen-bond donors (Lipinski definition) is 0. The molecule has 3 nitrogen and oxygen atoms in total. The first-order valence-corrected chi connectivity index (χ1v) is 4.02. The Labute approximate surface area is 85.4 Å². The lowest BCUT2D eigenvalue weighted by molar-refractivity contribution is -0.0987. The molecule has 0 bridgehead atoms. The van der Waals surface area contributed by atoms with E-state index in [1.54, 1.807) is 0 Å². The molecule has 0 fully saturated rings. The summed E-state index contributed by atoms with van der Waals surface area (Å²) in [6.07, 6.45) is 0. The topological polar surface area (TPSA) is 37.4 Å². The maximum atomic E-state index is 8.00. The minimum atomic E-state index is 1.26. The first-order valence-electron chi connectivity index (χ1n) is 4.02. The summed E-state index contributed by atoms with van der Waals surface area (Å²) >= 11 is 0. The fourth-order valence-electron chi connectivity index (χ4n) is 0.843. The Bertz CT molecular complexity index is 230. The number of hydrogen-bond acceptors (Lipinski definition) is 3. The highest BCUT2D eigenvalue weighted by atomic mass is 16.1. The van der Waals surface area contributed by atoms with Gasteiger partial charge in [-0.15, -0.1) is 0 Å². The van der Waals surface area contributed by atoms with E-state index in [0.717, 1.165) is 0 Å². The van der Waals surface area contributed by atoms with Crippen molar-refractivity contribution in [3.63, 3.8) is 0 Å². The van der Waals surface area contributed by atoms with Crippen LogP contribution in [-0.4, -0.2) is 27.7 Å². The first-order chi connectivity index (χ1) is 6.70. The molecular formula is C11H17NO2. The van der Waals surface area contributed by atoms with E-state index in [0.29, 0.717) is 0 Å². The van der Waals surface area contributed by atoms with E-state index in [9.17, 15) is 0 Å². The number of aryl methyl sites for hydroxylation is 1. The standard InChI is InChI=1S/C9H13N.2CH2O/c1-8-4-6-9(7-5-8)10(2)3;2*1-2/h4-7H,1-3H3;2*1H2. The highest BCUT2D eigenvalue weighted by Crippen LogP contribution is 2.10. The van der Waals surface area contributed by atoms with Gasteiger partial charge in [0.25, 0.3) is 0 Å². The molecule has 0 spiro atoms. The molecule has 0 aliphatic rings. The lowest BCUT2D eigenvalue weighted by Crippen LogP contribution is -2.07. The molecule has 0 radical (unpaired) electrons. The Morgan fingerprint density at radius 3 is 1.57 bits per heavy atom. The van der Waals surface area contributed by atoms with Gasteiger partial charge in [0.2, 0.25) is 0 Å². The van der Waals surface area contributed by atoms with E-state index in [2.05, 4.69) is 36.1 Å². The molecule has 14 heavy (non-hydrogen) atoms. The van der Waals surface area contributed by atoms with Gasteiger partial charge in [-0.25, -0.2) is 0 Å².